The maximum absolute atomic E-state index is 12.6. The van der Waals surface area contributed by atoms with Crippen molar-refractivity contribution in [1.29, 1.82) is 0 Å². The predicted octanol–water partition coefficient (Wildman–Crippen LogP) is 2.97. The minimum atomic E-state index is -0.104. The molecule has 1 amide bonds. The molecule has 0 aliphatic carbocycles. The molecule has 1 fully saturated rings. The minimum absolute atomic E-state index is 0.0432. The van der Waals surface area contributed by atoms with E-state index in [1.165, 1.54) is 0 Å². The first-order valence-corrected chi connectivity index (χ1v) is 8.34. The molecule has 132 valence electrons. The van der Waals surface area contributed by atoms with Crippen molar-refractivity contribution in [2.24, 2.45) is 0 Å². The molecule has 7 heteroatoms. The summed E-state index contributed by atoms with van der Waals surface area (Å²) in [5.41, 5.74) is 2.68. The lowest BCUT2D eigenvalue weighted by atomic mass is 10.1. The zero-order valence-corrected chi connectivity index (χ0v) is 14.5. The van der Waals surface area contributed by atoms with Crippen LogP contribution in [-0.2, 0) is 4.79 Å². The Hall–Kier alpha value is -3.22. The number of rotatable bonds is 4. The van der Waals surface area contributed by atoms with Gasteiger partial charge in [0.2, 0.25) is 5.91 Å². The van der Waals surface area contributed by atoms with Crippen LogP contribution in [0.25, 0.3) is 11.5 Å². The van der Waals surface area contributed by atoms with E-state index >= 15 is 0 Å². The molecule has 1 aliphatic heterocycles. The average molecular weight is 350 g/mol. The van der Waals surface area contributed by atoms with Gasteiger partial charge in [-0.25, -0.2) is 0 Å². The fourth-order valence-corrected chi connectivity index (χ4v) is 3.13. The molecule has 0 N–H and O–H groups in total. The fourth-order valence-electron chi connectivity index (χ4n) is 3.13. The Labute approximate surface area is 150 Å². The number of benzene rings is 1. The molecule has 4 rings (SSSR count). The molecule has 3 heterocycles. The van der Waals surface area contributed by atoms with E-state index in [0.717, 1.165) is 22.6 Å². The van der Waals surface area contributed by atoms with Crippen LogP contribution in [0.3, 0.4) is 0 Å². The first kappa shape index (κ1) is 16.3. The molecule has 3 aromatic rings. The third kappa shape index (κ3) is 2.92. The van der Waals surface area contributed by atoms with Gasteiger partial charge in [-0.15, -0.1) is 0 Å². The summed E-state index contributed by atoms with van der Waals surface area (Å²) in [6.45, 7) is 2.49. The summed E-state index contributed by atoms with van der Waals surface area (Å²) >= 11 is 0. The van der Waals surface area contributed by atoms with E-state index in [-0.39, 0.29) is 11.8 Å². The van der Waals surface area contributed by atoms with Crippen molar-refractivity contribution in [1.82, 2.24) is 15.1 Å². The molecule has 0 saturated carbocycles. The van der Waals surface area contributed by atoms with Gasteiger partial charge in [0.25, 0.3) is 5.89 Å². The van der Waals surface area contributed by atoms with Crippen LogP contribution in [0.4, 0.5) is 5.69 Å². The lowest BCUT2D eigenvalue weighted by Gasteiger charge is -2.19. The molecule has 1 unspecified atom stereocenters. The number of amides is 1. The highest BCUT2D eigenvalue weighted by atomic mass is 16.5. The Bertz CT molecular complexity index is 939. The molecule has 1 aromatic carbocycles. The molecule has 7 nitrogen and oxygen atoms in total. The van der Waals surface area contributed by atoms with E-state index in [1.54, 1.807) is 24.4 Å². The van der Waals surface area contributed by atoms with Gasteiger partial charge < -0.3 is 14.2 Å². The van der Waals surface area contributed by atoms with E-state index in [2.05, 4.69) is 15.1 Å². The highest BCUT2D eigenvalue weighted by Crippen LogP contribution is 2.34. The Morgan fingerprint density at radius 2 is 2.04 bits per heavy atom. The number of carbonyl (C=O) groups is 1. The number of pyridine rings is 1. The van der Waals surface area contributed by atoms with Crippen LogP contribution in [0, 0.1) is 6.92 Å². The van der Waals surface area contributed by atoms with Gasteiger partial charge >= 0.3 is 0 Å². The molecule has 1 aliphatic rings. The van der Waals surface area contributed by atoms with Crippen LogP contribution in [-0.4, -0.2) is 34.7 Å². The van der Waals surface area contributed by atoms with E-state index in [9.17, 15) is 4.79 Å². The van der Waals surface area contributed by atoms with E-state index in [4.69, 9.17) is 9.26 Å². The summed E-state index contributed by atoms with van der Waals surface area (Å²) in [4.78, 5) is 22.8. The highest BCUT2D eigenvalue weighted by Gasteiger charge is 2.35. The number of aryl methyl sites for hydroxylation is 1. The topological polar surface area (TPSA) is 81.3 Å². The molecule has 0 radical (unpaired) electrons. The third-order valence-electron chi connectivity index (χ3n) is 4.57. The smallest absolute Gasteiger partial charge is 0.258 e. The van der Waals surface area contributed by atoms with E-state index in [1.807, 2.05) is 37.3 Å². The Kier molecular flexibility index (Phi) is 4.12. The Balaban J connectivity index is 1.58. The maximum atomic E-state index is 12.6. The number of methoxy groups -OCH3 is 1. The quantitative estimate of drug-likeness (QED) is 0.719. The van der Waals surface area contributed by atoms with Gasteiger partial charge in [0.05, 0.1) is 12.8 Å². The van der Waals surface area contributed by atoms with Crippen molar-refractivity contribution in [3.05, 3.63) is 54.1 Å². The molecule has 1 atom stereocenters. The first-order valence-electron chi connectivity index (χ1n) is 8.34. The van der Waals surface area contributed by atoms with E-state index < -0.39 is 0 Å². The summed E-state index contributed by atoms with van der Waals surface area (Å²) in [6.07, 6.45) is 3.70. The van der Waals surface area contributed by atoms with E-state index in [0.29, 0.717) is 24.7 Å². The van der Waals surface area contributed by atoms with Crippen LogP contribution >= 0.6 is 0 Å². The summed E-state index contributed by atoms with van der Waals surface area (Å²) in [5.74, 6) is 1.65. The predicted molar refractivity (Wildman–Crippen MR) is 95.0 cm³/mol. The standard InChI is InChI=1S/C19H18N4O3/c1-12-3-4-15(25-2)10-16(12)23-11-14(9-17(23)24)18-21-19(26-22-18)13-5-7-20-8-6-13/h3-8,10,14H,9,11H2,1-2H3. The molecular weight excluding hydrogens is 332 g/mol. The van der Waals surface area contributed by atoms with Gasteiger partial charge in [0.1, 0.15) is 5.75 Å². The van der Waals surface area contributed by atoms with Crippen LogP contribution in [0.15, 0.2) is 47.2 Å². The normalized spacial score (nSPS) is 16.9. The zero-order valence-electron chi connectivity index (χ0n) is 14.5. The number of anilines is 1. The lowest BCUT2D eigenvalue weighted by molar-refractivity contribution is -0.117. The number of hydrogen-bond donors (Lipinski definition) is 0. The summed E-state index contributed by atoms with van der Waals surface area (Å²) in [7, 11) is 1.61. The van der Waals surface area contributed by atoms with Crippen molar-refractivity contribution in [2.45, 2.75) is 19.3 Å². The van der Waals surface area contributed by atoms with Gasteiger partial charge in [-0.2, -0.15) is 4.98 Å². The lowest BCUT2D eigenvalue weighted by Crippen LogP contribution is -2.25. The largest absolute Gasteiger partial charge is 0.497 e. The summed E-state index contributed by atoms with van der Waals surface area (Å²) < 4.78 is 10.6. The molecule has 26 heavy (non-hydrogen) atoms. The Morgan fingerprint density at radius 1 is 1.23 bits per heavy atom. The second-order valence-electron chi connectivity index (χ2n) is 6.25. The van der Waals surface area contributed by atoms with Crippen molar-refractivity contribution >= 4 is 11.6 Å². The van der Waals surface area contributed by atoms with Gasteiger partial charge in [-0.05, 0) is 30.7 Å². The third-order valence-corrected chi connectivity index (χ3v) is 4.57. The van der Waals surface area contributed by atoms with Crippen molar-refractivity contribution in [3.8, 4) is 17.2 Å². The van der Waals surface area contributed by atoms with Gasteiger partial charge in [0, 0.05) is 42.9 Å². The molecule has 0 bridgehead atoms. The van der Waals surface area contributed by atoms with Crippen molar-refractivity contribution < 1.29 is 14.1 Å². The second-order valence-corrected chi connectivity index (χ2v) is 6.25. The Morgan fingerprint density at radius 3 is 2.81 bits per heavy atom. The van der Waals surface area contributed by atoms with Gasteiger partial charge in [0.15, 0.2) is 5.82 Å². The highest BCUT2D eigenvalue weighted by molar-refractivity contribution is 5.97. The van der Waals surface area contributed by atoms with Crippen LogP contribution < -0.4 is 9.64 Å². The van der Waals surface area contributed by atoms with Gasteiger partial charge in [-0.3, -0.25) is 9.78 Å². The molecule has 1 saturated heterocycles. The summed E-state index contributed by atoms with van der Waals surface area (Å²) in [6, 6.07) is 9.34. The monoisotopic (exact) mass is 350 g/mol. The van der Waals surface area contributed by atoms with Crippen LogP contribution in [0.2, 0.25) is 0 Å². The van der Waals surface area contributed by atoms with Crippen LogP contribution in [0.5, 0.6) is 5.75 Å². The number of carbonyl (C=O) groups excluding carboxylic acids is 1. The van der Waals surface area contributed by atoms with Crippen LogP contribution in [0.1, 0.15) is 23.7 Å². The minimum Gasteiger partial charge on any atom is -0.497 e. The molecule has 0 spiro atoms. The molecular formula is C19H18N4O3. The first-order chi connectivity index (χ1) is 12.7. The van der Waals surface area contributed by atoms with Gasteiger partial charge in [-0.1, -0.05) is 11.2 Å². The van der Waals surface area contributed by atoms with Crippen molar-refractivity contribution in [2.75, 3.05) is 18.6 Å². The number of aromatic nitrogens is 3. The van der Waals surface area contributed by atoms with Crippen molar-refractivity contribution in [3.63, 3.8) is 0 Å². The molecule has 2 aromatic heterocycles. The zero-order chi connectivity index (χ0) is 18.1. The summed E-state index contributed by atoms with van der Waals surface area (Å²) in [5, 5.41) is 4.08. The maximum Gasteiger partial charge on any atom is 0.258 e. The second kappa shape index (κ2) is 6.59. The number of hydrogen-bond acceptors (Lipinski definition) is 6. The fraction of sp³-hybridized carbons (Fsp3) is 0.263. The number of nitrogens with zero attached hydrogens (tertiary/aromatic N) is 4. The SMILES string of the molecule is COc1ccc(C)c(N2CC(c3noc(-c4ccncc4)n3)CC2=O)c1. The number of ether oxygens (including phenoxy) is 1. The average Bonchev–Trinajstić information content (AvgIpc) is 3.30.